The van der Waals surface area contributed by atoms with Gasteiger partial charge in [0.1, 0.15) is 6.61 Å². The third-order valence-corrected chi connectivity index (χ3v) is 2.79. The highest BCUT2D eigenvalue weighted by molar-refractivity contribution is 5.69. The topological polar surface area (TPSA) is 63.6 Å². The molecule has 0 fully saturated rings. The maximum atomic E-state index is 11.4. The van der Waals surface area contributed by atoms with Crippen LogP contribution in [0, 0.1) is 0 Å². The van der Waals surface area contributed by atoms with Crippen molar-refractivity contribution in [2.45, 2.75) is 59.3 Å². The summed E-state index contributed by atoms with van der Waals surface area (Å²) >= 11 is 0. The molecule has 0 aromatic rings. The van der Waals surface area contributed by atoms with Crippen LogP contribution in [-0.4, -0.2) is 23.7 Å². The van der Waals surface area contributed by atoms with Crippen LogP contribution in [0.25, 0.3) is 0 Å². The molecule has 1 N–H and O–H groups in total. The average molecular weight is 282 g/mol. The SMILES string of the molecule is CC(C)=CCC/C(C)=C/COC(=O)CCCCC(=O)O. The summed E-state index contributed by atoms with van der Waals surface area (Å²) in [6.07, 6.45) is 7.57. The number of hydrogen-bond donors (Lipinski definition) is 1. The van der Waals surface area contributed by atoms with Gasteiger partial charge >= 0.3 is 11.9 Å². The zero-order valence-corrected chi connectivity index (χ0v) is 12.8. The van der Waals surface area contributed by atoms with Crippen LogP contribution in [0.3, 0.4) is 0 Å². The van der Waals surface area contributed by atoms with E-state index in [-0.39, 0.29) is 18.8 Å². The number of ether oxygens (including phenoxy) is 1. The number of carboxylic acids is 1. The molecular formula is C16H26O4. The normalized spacial score (nSPS) is 11.1. The number of esters is 1. The molecule has 0 unspecified atom stereocenters. The van der Waals surface area contributed by atoms with Crippen molar-refractivity contribution in [3.05, 3.63) is 23.3 Å². The van der Waals surface area contributed by atoms with E-state index in [1.165, 1.54) is 11.1 Å². The molecule has 0 spiro atoms. The monoisotopic (exact) mass is 282 g/mol. The van der Waals surface area contributed by atoms with E-state index in [0.29, 0.717) is 19.4 Å². The lowest BCUT2D eigenvalue weighted by Gasteiger charge is -2.03. The second-order valence-electron chi connectivity index (χ2n) is 5.15. The molecule has 0 aliphatic carbocycles. The van der Waals surface area contributed by atoms with Crippen molar-refractivity contribution in [1.29, 1.82) is 0 Å². The minimum Gasteiger partial charge on any atom is -0.481 e. The van der Waals surface area contributed by atoms with Crippen LogP contribution in [0.4, 0.5) is 0 Å². The minimum atomic E-state index is -0.826. The van der Waals surface area contributed by atoms with Gasteiger partial charge in [0.05, 0.1) is 0 Å². The largest absolute Gasteiger partial charge is 0.481 e. The first-order chi connectivity index (χ1) is 9.41. The smallest absolute Gasteiger partial charge is 0.306 e. The van der Waals surface area contributed by atoms with Gasteiger partial charge in [-0.1, -0.05) is 17.2 Å². The summed E-state index contributed by atoms with van der Waals surface area (Å²) < 4.78 is 5.07. The maximum absolute atomic E-state index is 11.4. The van der Waals surface area contributed by atoms with E-state index in [1.54, 1.807) is 0 Å². The summed E-state index contributed by atoms with van der Waals surface area (Å²) in [6.45, 7) is 6.48. The van der Waals surface area contributed by atoms with E-state index < -0.39 is 5.97 Å². The van der Waals surface area contributed by atoms with E-state index in [0.717, 1.165) is 12.8 Å². The Kier molecular flexibility index (Phi) is 10.4. The van der Waals surface area contributed by atoms with Crippen molar-refractivity contribution in [1.82, 2.24) is 0 Å². The van der Waals surface area contributed by atoms with Crippen molar-refractivity contribution in [3.8, 4) is 0 Å². The summed E-state index contributed by atoms with van der Waals surface area (Å²) in [5.74, 6) is -1.09. The van der Waals surface area contributed by atoms with Crippen LogP contribution in [-0.2, 0) is 14.3 Å². The number of carbonyl (C=O) groups is 2. The summed E-state index contributed by atoms with van der Waals surface area (Å²) in [4.78, 5) is 21.7. The molecule has 0 aliphatic heterocycles. The first-order valence-electron chi connectivity index (χ1n) is 7.08. The second-order valence-corrected chi connectivity index (χ2v) is 5.15. The highest BCUT2D eigenvalue weighted by Gasteiger charge is 2.03. The molecular weight excluding hydrogens is 256 g/mol. The molecule has 20 heavy (non-hydrogen) atoms. The summed E-state index contributed by atoms with van der Waals surface area (Å²) in [5, 5.41) is 8.46. The molecule has 0 heterocycles. The lowest BCUT2D eigenvalue weighted by Crippen LogP contribution is -2.05. The number of rotatable bonds is 10. The fraction of sp³-hybridized carbons (Fsp3) is 0.625. The van der Waals surface area contributed by atoms with Crippen LogP contribution in [0.15, 0.2) is 23.3 Å². The van der Waals surface area contributed by atoms with Gasteiger partial charge in [-0.15, -0.1) is 0 Å². The Hall–Kier alpha value is -1.58. The Bertz CT molecular complexity index is 363. The highest BCUT2D eigenvalue weighted by atomic mass is 16.5. The standard InChI is InChI=1S/C16H26O4/c1-13(2)7-6-8-14(3)11-12-20-16(19)10-5-4-9-15(17)18/h7,11H,4-6,8-10,12H2,1-3H3,(H,17,18)/b14-11+. The number of carboxylic acid groups (broad SMARTS) is 1. The molecule has 0 aliphatic rings. The van der Waals surface area contributed by atoms with Crippen molar-refractivity contribution >= 4 is 11.9 Å². The van der Waals surface area contributed by atoms with Crippen molar-refractivity contribution in [3.63, 3.8) is 0 Å². The predicted octanol–water partition coefficient (Wildman–Crippen LogP) is 3.87. The van der Waals surface area contributed by atoms with Gasteiger partial charge in [0, 0.05) is 12.8 Å². The summed E-state index contributed by atoms with van der Waals surface area (Å²) in [6, 6.07) is 0. The van der Waals surface area contributed by atoms with E-state index in [2.05, 4.69) is 19.9 Å². The number of aliphatic carboxylic acids is 1. The zero-order valence-electron chi connectivity index (χ0n) is 12.8. The van der Waals surface area contributed by atoms with Crippen LogP contribution in [0.1, 0.15) is 59.3 Å². The lowest BCUT2D eigenvalue weighted by atomic mass is 10.1. The van der Waals surface area contributed by atoms with Crippen LogP contribution in [0.5, 0.6) is 0 Å². The van der Waals surface area contributed by atoms with Crippen molar-refractivity contribution < 1.29 is 19.4 Å². The van der Waals surface area contributed by atoms with Gasteiger partial charge in [0.25, 0.3) is 0 Å². The van der Waals surface area contributed by atoms with E-state index in [1.807, 2.05) is 13.0 Å². The number of unbranched alkanes of at least 4 members (excludes halogenated alkanes) is 1. The summed E-state index contributed by atoms with van der Waals surface area (Å²) in [5.41, 5.74) is 2.52. The Morgan fingerprint density at radius 3 is 2.25 bits per heavy atom. The van der Waals surface area contributed by atoms with Crippen LogP contribution >= 0.6 is 0 Å². The molecule has 114 valence electrons. The quantitative estimate of drug-likeness (QED) is 0.375. The number of allylic oxidation sites excluding steroid dienone is 3. The maximum Gasteiger partial charge on any atom is 0.306 e. The summed E-state index contributed by atoms with van der Waals surface area (Å²) in [7, 11) is 0. The Balaban J connectivity index is 3.68. The predicted molar refractivity (Wildman–Crippen MR) is 79.5 cm³/mol. The molecule has 0 aromatic carbocycles. The number of hydrogen-bond acceptors (Lipinski definition) is 3. The molecule has 4 nitrogen and oxygen atoms in total. The third kappa shape index (κ3) is 12.9. The number of carbonyl (C=O) groups excluding carboxylic acids is 1. The zero-order chi connectivity index (χ0) is 15.4. The van der Waals surface area contributed by atoms with Crippen LogP contribution < -0.4 is 0 Å². The Labute approximate surface area is 121 Å². The van der Waals surface area contributed by atoms with Gasteiger partial charge in [0.2, 0.25) is 0 Å². The van der Waals surface area contributed by atoms with E-state index in [4.69, 9.17) is 9.84 Å². The Morgan fingerprint density at radius 2 is 1.65 bits per heavy atom. The van der Waals surface area contributed by atoms with Gasteiger partial charge in [-0.3, -0.25) is 9.59 Å². The molecule has 4 heteroatoms. The van der Waals surface area contributed by atoms with Crippen molar-refractivity contribution in [2.24, 2.45) is 0 Å². The second kappa shape index (κ2) is 11.3. The van der Waals surface area contributed by atoms with Gasteiger partial charge in [-0.25, -0.2) is 0 Å². The molecule has 0 atom stereocenters. The molecule has 0 amide bonds. The first-order valence-corrected chi connectivity index (χ1v) is 7.08. The molecule has 0 bridgehead atoms. The fourth-order valence-electron chi connectivity index (χ4n) is 1.59. The van der Waals surface area contributed by atoms with E-state index >= 15 is 0 Å². The van der Waals surface area contributed by atoms with Crippen molar-refractivity contribution in [2.75, 3.05) is 6.61 Å². The van der Waals surface area contributed by atoms with E-state index in [9.17, 15) is 9.59 Å². The Morgan fingerprint density at radius 1 is 1.00 bits per heavy atom. The first kappa shape index (κ1) is 18.4. The van der Waals surface area contributed by atoms with Gasteiger partial charge in [0.15, 0.2) is 0 Å². The van der Waals surface area contributed by atoms with Crippen LogP contribution in [0.2, 0.25) is 0 Å². The van der Waals surface area contributed by atoms with Gasteiger partial charge in [-0.2, -0.15) is 0 Å². The molecule has 0 saturated heterocycles. The third-order valence-electron chi connectivity index (χ3n) is 2.79. The molecule has 0 rings (SSSR count). The van der Waals surface area contributed by atoms with Gasteiger partial charge < -0.3 is 9.84 Å². The molecule has 0 aromatic heterocycles. The lowest BCUT2D eigenvalue weighted by molar-refractivity contribution is -0.143. The molecule has 0 saturated carbocycles. The minimum absolute atomic E-state index is 0.108. The highest BCUT2D eigenvalue weighted by Crippen LogP contribution is 2.07. The molecule has 0 radical (unpaired) electrons. The fourth-order valence-corrected chi connectivity index (χ4v) is 1.59. The average Bonchev–Trinajstić information content (AvgIpc) is 2.34. The van der Waals surface area contributed by atoms with Gasteiger partial charge in [-0.05, 0) is 52.5 Å².